The molecule has 0 radical (unpaired) electrons. The van der Waals surface area contributed by atoms with Gasteiger partial charge < -0.3 is 15.4 Å². The number of amides is 1. The maximum atomic E-state index is 11.7. The first-order valence-electron chi connectivity index (χ1n) is 5.98. The SMILES string of the molecule is O=C(COC1CCNCC1)Nc1ncccc1Br. The first kappa shape index (κ1) is 13.5. The molecule has 1 aromatic rings. The van der Waals surface area contributed by atoms with Crippen LogP contribution in [0.2, 0.25) is 0 Å². The van der Waals surface area contributed by atoms with Gasteiger partial charge in [0.05, 0.1) is 10.6 Å². The van der Waals surface area contributed by atoms with E-state index >= 15 is 0 Å². The van der Waals surface area contributed by atoms with Gasteiger partial charge in [0, 0.05) is 6.20 Å². The van der Waals surface area contributed by atoms with Crippen molar-refractivity contribution >= 4 is 27.7 Å². The second-order valence-corrected chi connectivity index (χ2v) is 5.00. The van der Waals surface area contributed by atoms with Gasteiger partial charge in [0.15, 0.2) is 0 Å². The first-order valence-corrected chi connectivity index (χ1v) is 6.77. The molecule has 98 valence electrons. The fourth-order valence-electron chi connectivity index (χ4n) is 1.80. The molecule has 2 heterocycles. The third-order valence-electron chi connectivity index (χ3n) is 2.75. The number of nitrogens with one attached hydrogen (secondary N) is 2. The molecule has 6 heteroatoms. The average Bonchev–Trinajstić information content (AvgIpc) is 2.40. The first-order chi connectivity index (χ1) is 8.75. The Balaban J connectivity index is 1.76. The quantitative estimate of drug-likeness (QED) is 0.885. The molecule has 2 N–H and O–H groups in total. The summed E-state index contributed by atoms with van der Waals surface area (Å²) in [4.78, 5) is 15.8. The fourth-order valence-corrected chi connectivity index (χ4v) is 2.16. The van der Waals surface area contributed by atoms with Crippen LogP contribution in [0.25, 0.3) is 0 Å². The molecule has 0 unspecified atom stereocenters. The third kappa shape index (κ3) is 4.04. The van der Waals surface area contributed by atoms with Crippen molar-refractivity contribution in [3.05, 3.63) is 22.8 Å². The third-order valence-corrected chi connectivity index (χ3v) is 3.39. The minimum absolute atomic E-state index is 0.0771. The van der Waals surface area contributed by atoms with E-state index in [0.29, 0.717) is 5.82 Å². The number of rotatable bonds is 4. The van der Waals surface area contributed by atoms with Crippen molar-refractivity contribution in [2.45, 2.75) is 18.9 Å². The summed E-state index contributed by atoms with van der Waals surface area (Å²) < 4.78 is 6.33. The molecule has 0 bridgehead atoms. The molecule has 0 aliphatic carbocycles. The van der Waals surface area contributed by atoms with Crippen LogP contribution < -0.4 is 10.6 Å². The summed E-state index contributed by atoms with van der Waals surface area (Å²) in [6, 6.07) is 3.63. The summed E-state index contributed by atoms with van der Waals surface area (Å²) in [5.74, 6) is 0.351. The largest absolute Gasteiger partial charge is 0.368 e. The smallest absolute Gasteiger partial charge is 0.251 e. The van der Waals surface area contributed by atoms with Gasteiger partial charge in [0.25, 0.3) is 5.91 Å². The highest BCUT2D eigenvalue weighted by Crippen LogP contribution is 2.18. The van der Waals surface area contributed by atoms with Gasteiger partial charge in [-0.05, 0) is 54.0 Å². The maximum absolute atomic E-state index is 11.7. The summed E-state index contributed by atoms with van der Waals surface area (Å²) in [6.07, 6.45) is 3.74. The standard InChI is InChI=1S/C12H16BrN3O2/c13-10-2-1-5-15-12(10)16-11(17)8-18-9-3-6-14-7-4-9/h1-2,5,9,14H,3-4,6-8H2,(H,15,16,17). The Hall–Kier alpha value is -0.980. The average molecular weight is 314 g/mol. The van der Waals surface area contributed by atoms with Crippen LogP contribution in [-0.2, 0) is 9.53 Å². The number of halogens is 1. The van der Waals surface area contributed by atoms with E-state index in [-0.39, 0.29) is 18.6 Å². The van der Waals surface area contributed by atoms with Crippen LogP contribution >= 0.6 is 15.9 Å². The zero-order chi connectivity index (χ0) is 12.8. The monoisotopic (exact) mass is 313 g/mol. The van der Waals surface area contributed by atoms with Gasteiger partial charge in [-0.3, -0.25) is 4.79 Å². The highest BCUT2D eigenvalue weighted by molar-refractivity contribution is 9.10. The van der Waals surface area contributed by atoms with Crippen molar-refractivity contribution in [3.63, 3.8) is 0 Å². The Kier molecular flexibility index (Phi) is 5.10. The zero-order valence-corrected chi connectivity index (χ0v) is 11.6. The number of aromatic nitrogens is 1. The molecule has 5 nitrogen and oxygen atoms in total. The van der Waals surface area contributed by atoms with Crippen LogP contribution in [0.15, 0.2) is 22.8 Å². The molecule has 0 spiro atoms. The molecular weight excluding hydrogens is 298 g/mol. The summed E-state index contributed by atoms with van der Waals surface area (Å²) in [5, 5.41) is 5.97. The topological polar surface area (TPSA) is 63.2 Å². The van der Waals surface area contributed by atoms with E-state index < -0.39 is 0 Å². The number of carbonyl (C=O) groups is 1. The minimum Gasteiger partial charge on any atom is -0.368 e. The van der Waals surface area contributed by atoms with Crippen LogP contribution in [0.3, 0.4) is 0 Å². The molecule has 1 aliphatic heterocycles. The van der Waals surface area contributed by atoms with E-state index in [1.165, 1.54) is 0 Å². The predicted octanol–water partition coefficient (Wildman–Crippen LogP) is 1.55. The molecule has 18 heavy (non-hydrogen) atoms. The van der Waals surface area contributed by atoms with Crippen LogP contribution in [-0.4, -0.2) is 36.7 Å². The van der Waals surface area contributed by atoms with E-state index in [1.807, 2.05) is 6.07 Å². The maximum Gasteiger partial charge on any atom is 0.251 e. The highest BCUT2D eigenvalue weighted by Gasteiger charge is 2.15. The molecule has 2 rings (SSSR count). The van der Waals surface area contributed by atoms with Gasteiger partial charge in [-0.15, -0.1) is 0 Å². The van der Waals surface area contributed by atoms with Crippen LogP contribution in [0.1, 0.15) is 12.8 Å². The van der Waals surface area contributed by atoms with Gasteiger partial charge >= 0.3 is 0 Å². The summed E-state index contributed by atoms with van der Waals surface area (Å²) in [6.45, 7) is 1.99. The fraction of sp³-hybridized carbons (Fsp3) is 0.500. The van der Waals surface area contributed by atoms with E-state index in [2.05, 4.69) is 31.5 Å². The lowest BCUT2D eigenvalue weighted by atomic mass is 10.1. The van der Waals surface area contributed by atoms with E-state index in [0.717, 1.165) is 30.4 Å². The van der Waals surface area contributed by atoms with Crippen molar-refractivity contribution in [2.75, 3.05) is 25.0 Å². The van der Waals surface area contributed by atoms with Crippen molar-refractivity contribution in [2.24, 2.45) is 0 Å². The number of ether oxygens (including phenoxy) is 1. The van der Waals surface area contributed by atoms with E-state index in [1.54, 1.807) is 12.3 Å². The van der Waals surface area contributed by atoms with Gasteiger partial charge in [-0.2, -0.15) is 0 Å². The molecule has 1 saturated heterocycles. The van der Waals surface area contributed by atoms with Gasteiger partial charge in [0.1, 0.15) is 12.4 Å². The van der Waals surface area contributed by atoms with Gasteiger partial charge in [-0.25, -0.2) is 4.98 Å². The van der Waals surface area contributed by atoms with E-state index in [9.17, 15) is 4.79 Å². The van der Waals surface area contributed by atoms with Crippen molar-refractivity contribution in [3.8, 4) is 0 Å². The molecular formula is C12H16BrN3O2. The van der Waals surface area contributed by atoms with Crippen LogP contribution in [0.4, 0.5) is 5.82 Å². The second kappa shape index (κ2) is 6.82. The molecule has 1 aliphatic rings. The van der Waals surface area contributed by atoms with Crippen LogP contribution in [0.5, 0.6) is 0 Å². The Morgan fingerprint density at radius 3 is 3.06 bits per heavy atom. The molecule has 0 atom stereocenters. The molecule has 0 saturated carbocycles. The Morgan fingerprint density at radius 1 is 1.56 bits per heavy atom. The molecule has 0 aromatic carbocycles. The summed E-state index contributed by atoms with van der Waals surface area (Å²) in [7, 11) is 0. The second-order valence-electron chi connectivity index (χ2n) is 4.14. The Morgan fingerprint density at radius 2 is 2.33 bits per heavy atom. The normalized spacial score (nSPS) is 16.5. The lowest BCUT2D eigenvalue weighted by Gasteiger charge is -2.22. The number of pyridine rings is 1. The minimum atomic E-state index is -0.173. The van der Waals surface area contributed by atoms with Crippen molar-refractivity contribution in [1.82, 2.24) is 10.3 Å². The number of nitrogens with zero attached hydrogens (tertiary/aromatic N) is 1. The predicted molar refractivity (Wildman–Crippen MR) is 72.4 cm³/mol. The van der Waals surface area contributed by atoms with Crippen molar-refractivity contribution in [1.29, 1.82) is 0 Å². The molecule has 1 aromatic heterocycles. The summed E-state index contributed by atoms with van der Waals surface area (Å²) >= 11 is 3.33. The van der Waals surface area contributed by atoms with Crippen molar-refractivity contribution < 1.29 is 9.53 Å². The number of piperidine rings is 1. The number of carbonyl (C=O) groups excluding carboxylic acids is 1. The molecule has 1 amide bonds. The van der Waals surface area contributed by atoms with E-state index in [4.69, 9.17) is 4.74 Å². The Labute approximate surface area is 114 Å². The number of hydrogen-bond acceptors (Lipinski definition) is 4. The lowest BCUT2D eigenvalue weighted by Crippen LogP contribution is -2.34. The van der Waals surface area contributed by atoms with Gasteiger partial charge in [-0.1, -0.05) is 0 Å². The zero-order valence-electron chi connectivity index (χ0n) is 9.99. The van der Waals surface area contributed by atoms with Crippen LogP contribution in [0, 0.1) is 0 Å². The number of hydrogen-bond donors (Lipinski definition) is 2. The molecule has 1 fully saturated rings. The Bertz CT molecular complexity index is 408. The highest BCUT2D eigenvalue weighted by atomic mass is 79.9. The summed E-state index contributed by atoms with van der Waals surface area (Å²) in [5.41, 5.74) is 0. The van der Waals surface area contributed by atoms with Gasteiger partial charge in [0.2, 0.25) is 0 Å². The lowest BCUT2D eigenvalue weighted by molar-refractivity contribution is -0.123. The number of anilines is 1.